The lowest BCUT2D eigenvalue weighted by Crippen LogP contribution is -2.52. The van der Waals surface area contributed by atoms with Crippen molar-refractivity contribution < 1.29 is 14.4 Å². The van der Waals surface area contributed by atoms with E-state index >= 15 is 0 Å². The molecule has 1 unspecified atom stereocenters. The van der Waals surface area contributed by atoms with E-state index in [4.69, 9.17) is 0 Å². The number of hydrogen-bond donors (Lipinski definition) is 0. The molecule has 1 aromatic rings. The highest BCUT2D eigenvalue weighted by Crippen LogP contribution is 2.24. The second-order valence-corrected chi connectivity index (χ2v) is 8.60. The Bertz CT molecular complexity index is 645. The summed E-state index contributed by atoms with van der Waals surface area (Å²) in [7, 11) is 0. The number of piperidine rings is 1. The largest absolute Gasteiger partial charge is 0.326 e. The topological polar surface area (TPSA) is 54.5 Å². The molecule has 0 saturated carbocycles. The third kappa shape index (κ3) is 6.30. The van der Waals surface area contributed by atoms with Gasteiger partial charge in [0.1, 0.15) is 0 Å². The SMILES string of the molecule is CC(C)(C)C(=O)C(=O)N1CCCCC1C(=O)CCCCCc1ccccc1. The maximum absolute atomic E-state index is 12.7. The molecular weight excluding hydrogens is 338 g/mol. The van der Waals surface area contributed by atoms with Crippen molar-refractivity contribution in [3.8, 4) is 0 Å². The molecular formula is C23H33NO3. The second-order valence-electron chi connectivity index (χ2n) is 8.60. The molecule has 1 fully saturated rings. The number of rotatable bonds is 8. The summed E-state index contributed by atoms with van der Waals surface area (Å²) < 4.78 is 0. The van der Waals surface area contributed by atoms with E-state index in [-0.39, 0.29) is 5.78 Å². The number of unbranched alkanes of at least 4 members (excludes halogenated alkanes) is 2. The predicted molar refractivity (Wildman–Crippen MR) is 107 cm³/mol. The van der Waals surface area contributed by atoms with Gasteiger partial charge in [0.15, 0.2) is 5.78 Å². The fourth-order valence-corrected chi connectivity index (χ4v) is 3.58. The number of nitrogens with zero attached hydrogens (tertiary/aromatic N) is 1. The minimum absolute atomic E-state index is 0.115. The molecule has 4 heteroatoms. The quantitative estimate of drug-likeness (QED) is 0.504. The van der Waals surface area contributed by atoms with Crippen molar-refractivity contribution in [3.05, 3.63) is 35.9 Å². The van der Waals surface area contributed by atoms with Crippen LogP contribution in [0.25, 0.3) is 0 Å². The van der Waals surface area contributed by atoms with E-state index in [0.717, 1.165) is 38.5 Å². The second kappa shape index (κ2) is 9.82. The highest BCUT2D eigenvalue weighted by atomic mass is 16.2. The van der Waals surface area contributed by atoms with Crippen LogP contribution in [0.3, 0.4) is 0 Å². The number of hydrogen-bond acceptors (Lipinski definition) is 3. The molecule has 148 valence electrons. The number of ketones is 2. The van der Waals surface area contributed by atoms with Gasteiger partial charge in [-0.25, -0.2) is 0 Å². The third-order valence-electron chi connectivity index (χ3n) is 5.24. The van der Waals surface area contributed by atoms with Gasteiger partial charge in [-0.05, 0) is 44.1 Å². The van der Waals surface area contributed by atoms with Gasteiger partial charge in [0.25, 0.3) is 5.91 Å². The Morgan fingerprint density at radius 2 is 1.70 bits per heavy atom. The maximum atomic E-state index is 12.7. The van der Waals surface area contributed by atoms with Crippen LogP contribution in [0.1, 0.15) is 71.3 Å². The van der Waals surface area contributed by atoms with Gasteiger partial charge in [0, 0.05) is 18.4 Å². The molecule has 1 saturated heterocycles. The van der Waals surface area contributed by atoms with Crippen molar-refractivity contribution in [2.75, 3.05) is 6.54 Å². The first-order chi connectivity index (χ1) is 12.8. The van der Waals surface area contributed by atoms with Gasteiger partial charge in [-0.2, -0.15) is 0 Å². The van der Waals surface area contributed by atoms with Crippen LogP contribution >= 0.6 is 0 Å². The van der Waals surface area contributed by atoms with Crippen LogP contribution in [0.15, 0.2) is 30.3 Å². The Morgan fingerprint density at radius 3 is 2.37 bits per heavy atom. The first-order valence-electron chi connectivity index (χ1n) is 10.2. The first kappa shape index (κ1) is 21.3. The van der Waals surface area contributed by atoms with Gasteiger partial charge in [-0.15, -0.1) is 0 Å². The Kier molecular flexibility index (Phi) is 7.76. The molecule has 1 amide bonds. The zero-order valence-electron chi connectivity index (χ0n) is 17.0. The Balaban J connectivity index is 1.82. The average molecular weight is 372 g/mol. The zero-order valence-corrected chi connectivity index (χ0v) is 17.0. The summed E-state index contributed by atoms with van der Waals surface area (Å²) in [6, 6.07) is 9.96. The first-order valence-corrected chi connectivity index (χ1v) is 10.2. The van der Waals surface area contributed by atoms with Crippen LogP contribution in [-0.2, 0) is 20.8 Å². The third-order valence-corrected chi connectivity index (χ3v) is 5.24. The van der Waals surface area contributed by atoms with Crippen molar-refractivity contribution in [1.82, 2.24) is 4.90 Å². The van der Waals surface area contributed by atoms with Crippen LogP contribution in [0, 0.1) is 5.41 Å². The lowest BCUT2D eigenvalue weighted by atomic mass is 9.88. The van der Waals surface area contributed by atoms with E-state index in [2.05, 4.69) is 12.1 Å². The fraction of sp³-hybridized carbons (Fsp3) is 0.609. The molecule has 1 aliphatic heterocycles. The van der Waals surface area contributed by atoms with Crippen LogP contribution in [0.2, 0.25) is 0 Å². The van der Waals surface area contributed by atoms with Gasteiger partial charge in [-0.1, -0.05) is 57.5 Å². The van der Waals surface area contributed by atoms with Gasteiger partial charge < -0.3 is 4.90 Å². The van der Waals surface area contributed by atoms with E-state index < -0.39 is 23.1 Å². The molecule has 27 heavy (non-hydrogen) atoms. The summed E-state index contributed by atoms with van der Waals surface area (Å²) in [5.74, 6) is -0.765. The molecule has 0 N–H and O–H groups in total. The molecule has 1 heterocycles. The number of carbonyl (C=O) groups excluding carboxylic acids is 3. The molecule has 1 aliphatic rings. The van der Waals surface area contributed by atoms with E-state index in [1.165, 1.54) is 5.56 Å². The van der Waals surface area contributed by atoms with Gasteiger partial charge in [0.05, 0.1) is 6.04 Å². The Morgan fingerprint density at radius 1 is 1.00 bits per heavy atom. The molecule has 4 nitrogen and oxygen atoms in total. The minimum Gasteiger partial charge on any atom is -0.326 e. The Hall–Kier alpha value is -1.97. The number of carbonyl (C=O) groups is 3. The van der Waals surface area contributed by atoms with Crippen molar-refractivity contribution in [2.24, 2.45) is 5.41 Å². The minimum atomic E-state index is -0.709. The van der Waals surface area contributed by atoms with Crippen molar-refractivity contribution >= 4 is 17.5 Å². The number of Topliss-reactive ketones (excluding diaryl/α,β-unsaturated/α-hetero) is 2. The molecule has 0 radical (unpaired) electrons. The van der Waals surface area contributed by atoms with Crippen LogP contribution in [0.5, 0.6) is 0 Å². The fourth-order valence-electron chi connectivity index (χ4n) is 3.58. The van der Waals surface area contributed by atoms with Gasteiger partial charge >= 0.3 is 0 Å². The van der Waals surface area contributed by atoms with E-state index in [0.29, 0.717) is 19.4 Å². The summed E-state index contributed by atoms with van der Waals surface area (Å²) in [6.45, 7) is 5.77. The highest BCUT2D eigenvalue weighted by Gasteiger charge is 2.38. The Labute approximate surface area is 163 Å². The number of aryl methyl sites for hydroxylation is 1. The summed E-state index contributed by atoms with van der Waals surface area (Å²) in [5, 5.41) is 0. The van der Waals surface area contributed by atoms with Crippen molar-refractivity contribution in [3.63, 3.8) is 0 Å². The monoisotopic (exact) mass is 371 g/mol. The van der Waals surface area contributed by atoms with Crippen LogP contribution in [0.4, 0.5) is 0 Å². The highest BCUT2D eigenvalue weighted by molar-refractivity contribution is 6.38. The maximum Gasteiger partial charge on any atom is 0.291 e. The number of benzene rings is 1. The standard InChI is InChI=1S/C23H33NO3/c1-23(2,3)21(26)22(27)24-17-11-10-15-19(24)20(25)16-9-5-8-14-18-12-6-4-7-13-18/h4,6-7,12-13,19H,5,8-11,14-17H2,1-3H3. The van der Waals surface area contributed by atoms with Gasteiger partial charge in [0.2, 0.25) is 5.78 Å². The van der Waals surface area contributed by atoms with E-state index in [1.54, 1.807) is 25.7 Å². The van der Waals surface area contributed by atoms with E-state index in [1.807, 2.05) is 18.2 Å². The van der Waals surface area contributed by atoms with Crippen LogP contribution < -0.4 is 0 Å². The summed E-state index contributed by atoms with van der Waals surface area (Å²) in [4.78, 5) is 39.2. The average Bonchev–Trinajstić information content (AvgIpc) is 2.66. The molecule has 0 spiro atoms. The molecule has 1 atom stereocenters. The van der Waals surface area contributed by atoms with Gasteiger partial charge in [-0.3, -0.25) is 14.4 Å². The molecule has 2 rings (SSSR count). The van der Waals surface area contributed by atoms with Crippen LogP contribution in [-0.4, -0.2) is 35.0 Å². The molecule has 0 bridgehead atoms. The predicted octanol–water partition coefficient (Wildman–Crippen LogP) is 4.35. The summed E-state index contributed by atoms with van der Waals surface area (Å²) in [6.07, 6.45) is 6.93. The number of amides is 1. The molecule has 1 aromatic carbocycles. The summed E-state index contributed by atoms with van der Waals surface area (Å²) in [5.41, 5.74) is 0.619. The lowest BCUT2D eigenvalue weighted by Gasteiger charge is -2.35. The van der Waals surface area contributed by atoms with Crippen molar-refractivity contribution in [2.45, 2.75) is 78.2 Å². The van der Waals surface area contributed by atoms with Crippen molar-refractivity contribution in [1.29, 1.82) is 0 Å². The zero-order chi connectivity index (χ0) is 19.9. The van der Waals surface area contributed by atoms with E-state index in [9.17, 15) is 14.4 Å². The molecule has 0 aromatic heterocycles. The smallest absolute Gasteiger partial charge is 0.291 e. The number of likely N-dealkylation sites (tertiary alicyclic amines) is 1. The summed E-state index contributed by atoms with van der Waals surface area (Å²) >= 11 is 0. The normalized spacial score (nSPS) is 17.6. The lowest BCUT2D eigenvalue weighted by molar-refractivity contribution is -0.153. The molecule has 0 aliphatic carbocycles.